The first kappa shape index (κ1) is 76.4. The maximum absolute atomic E-state index is 14.6. The Morgan fingerprint density at radius 2 is 1.36 bits per heavy atom. The number of aromatic nitrogens is 3. The van der Waals surface area contributed by atoms with Crippen LogP contribution in [-0.2, 0) is 71.3 Å². The van der Waals surface area contributed by atoms with E-state index in [4.69, 9.17) is 28.4 Å². The number of esters is 1. The van der Waals surface area contributed by atoms with Gasteiger partial charge in [0, 0.05) is 98.8 Å². The largest absolute Gasteiger partial charge is 0.497 e. The summed E-state index contributed by atoms with van der Waals surface area (Å²) >= 11 is 0. The molecule has 0 bridgehead atoms. The molecule has 3 fully saturated rings. The number of aliphatic hydroxyl groups is 1. The molecule has 7 aromatic rings. The highest BCUT2D eigenvalue weighted by Crippen LogP contribution is 2.57. The number of hydrogen-bond acceptors (Lipinski definition) is 18. The Morgan fingerprint density at radius 1 is 0.688 bits per heavy atom. The number of anilines is 1. The van der Waals surface area contributed by atoms with E-state index in [0.717, 1.165) is 72.2 Å². The van der Waals surface area contributed by atoms with Crippen molar-refractivity contribution in [1.82, 2.24) is 35.4 Å². The number of carbonyl (C=O) groups is 9. The van der Waals surface area contributed by atoms with E-state index in [-0.39, 0.29) is 129 Å². The SMILES string of the molecule is COc1ccc(C2C[C@H]3CCc4cc(OCCCCCOc5cc6c(cc5OC)C(=O)N5CC7(CC7)C[C@H]5[C@H](O)C6C(=O)OCc5ccc(CC(=O)[C@H](C)NC(=O)[C@@H](CC(=O)CNC(=O)CCC(=O)CCC(=O)N6Cc7ccccc7-c7nnn(C)c7-c7ccccc76)C(C)C)cc5)c(OC)cc4C(=O)N3C2)cc1. The molecule has 1 aliphatic carbocycles. The van der Waals surface area contributed by atoms with Crippen LogP contribution >= 0.6 is 0 Å². The molecule has 109 heavy (non-hydrogen) atoms. The van der Waals surface area contributed by atoms with Crippen molar-refractivity contribution in [1.29, 1.82) is 0 Å². The monoisotopic (exact) mass is 1480 g/mol. The second kappa shape index (κ2) is 33.4. The number of methoxy groups -OCH3 is 3. The Kier molecular flexibility index (Phi) is 23.4. The van der Waals surface area contributed by atoms with Crippen molar-refractivity contribution in [3.63, 3.8) is 0 Å². The summed E-state index contributed by atoms with van der Waals surface area (Å²) in [5.41, 5.74) is 9.07. The number of ketones is 3. The average molecular weight is 1490 g/mol. The summed E-state index contributed by atoms with van der Waals surface area (Å²) in [6, 6.07) is 35.8. The van der Waals surface area contributed by atoms with Gasteiger partial charge in [0.05, 0.1) is 77.2 Å². The highest BCUT2D eigenvalue weighted by atomic mass is 16.5. The topological polar surface area (TPSA) is 294 Å². The number of carbonyl (C=O) groups excluding carboxylic acids is 9. The molecular weight excluding hydrogens is 1390 g/mol. The van der Waals surface area contributed by atoms with E-state index in [2.05, 4.69) is 33.1 Å². The van der Waals surface area contributed by atoms with Gasteiger partial charge in [-0.1, -0.05) is 97.9 Å². The fourth-order valence-electron chi connectivity index (χ4n) is 16.2. The van der Waals surface area contributed by atoms with Crippen LogP contribution in [0.5, 0.6) is 28.7 Å². The van der Waals surface area contributed by atoms with Crippen molar-refractivity contribution >= 4 is 58.5 Å². The third-order valence-corrected chi connectivity index (χ3v) is 22.7. The van der Waals surface area contributed by atoms with Gasteiger partial charge >= 0.3 is 5.97 Å². The summed E-state index contributed by atoms with van der Waals surface area (Å²) < 4.78 is 37.3. The lowest BCUT2D eigenvalue weighted by molar-refractivity contribution is -0.150. The Labute approximate surface area is 634 Å². The van der Waals surface area contributed by atoms with E-state index >= 15 is 0 Å². The second-order valence-electron chi connectivity index (χ2n) is 30.3. The smallest absolute Gasteiger partial charge is 0.316 e. The van der Waals surface area contributed by atoms with Gasteiger partial charge in [-0.3, -0.25) is 43.2 Å². The molecule has 572 valence electrons. The maximum Gasteiger partial charge on any atom is 0.316 e. The molecule has 1 saturated carbocycles. The predicted octanol–water partition coefficient (Wildman–Crippen LogP) is 10.6. The number of aryl methyl sites for hydroxylation is 2. The van der Waals surface area contributed by atoms with Gasteiger partial charge in [-0.25, -0.2) is 4.68 Å². The lowest BCUT2D eigenvalue weighted by Gasteiger charge is -2.28. The minimum atomic E-state index is -1.29. The number of benzene rings is 6. The minimum absolute atomic E-state index is 0.0103. The highest BCUT2D eigenvalue weighted by molar-refractivity contribution is 6.03. The summed E-state index contributed by atoms with van der Waals surface area (Å²) in [6.07, 6.45) is 4.88. The molecule has 24 nitrogen and oxygen atoms in total. The van der Waals surface area contributed by atoms with Crippen LogP contribution in [0.1, 0.15) is 170 Å². The quantitative estimate of drug-likeness (QED) is 0.0269. The van der Waals surface area contributed by atoms with E-state index in [9.17, 15) is 48.3 Å². The Hall–Kier alpha value is -10.8. The number of hydrogen-bond donors (Lipinski definition) is 3. The molecule has 13 rings (SSSR count). The third-order valence-electron chi connectivity index (χ3n) is 22.7. The molecule has 6 aliphatic rings. The fourth-order valence-corrected chi connectivity index (χ4v) is 16.2. The van der Waals surface area contributed by atoms with Gasteiger partial charge < -0.3 is 58.9 Å². The molecule has 7 atom stereocenters. The van der Waals surface area contributed by atoms with Crippen molar-refractivity contribution in [2.75, 3.05) is 59.1 Å². The molecule has 24 heteroatoms. The first-order chi connectivity index (χ1) is 52.6. The van der Waals surface area contributed by atoms with Crippen molar-refractivity contribution in [3.8, 4) is 51.3 Å². The molecule has 5 amide bonds. The summed E-state index contributed by atoms with van der Waals surface area (Å²) in [7, 11) is 6.52. The van der Waals surface area contributed by atoms with Crippen LogP contribution in [0, 0.1) is 17.3 Å². The van der Waals surface area contributed by atoms with Crippen LogP contribution in [0.25, 0.3) is 22.5 Å². The van der Waals surface area contributed by atoms with Gasteiger partial charge in [0.1, 0.15) is 29.8 Å². The van der Waals surface area contributed by atoms with Gasteiger partial charge in [-0.05, 0) is 152 Å². The van der Waals surface area contributed by atoms with Crippen molar-refractivity contribution in [2.24, 2.45) is 24.3 Å². The number of fused-ring (bicyclic) bond motifs is 9. The third kappa shape index (κ3) is 16.9. The first-order valence-electron chi connectivity index (χ1n) is 38.0. The van der Waals surface area contributed by atoms with Crippen molar-refractivity contribution in [3.05, 3.63) is 166 Å². The number of nitrogens with zero attached hydrogens (tertiary/aromatic N) is 6. The van der Waals surface area contributed by atoms with Gasteiger partial charge in [-0.15, -0.1) is 5.10 Å². The molecule has 2 unspecified atom stereocenters. The Balaban J connectivity index is 0.555. The molecule has 3 N–H and O–H groups in total. The van der Waals surface area contributed by atoms with Gasteiger partial charge in [0.25, 0.3) is 11.8 Å². The van der Waals surface area contributed by atoms with Crippen LogP contribution < -0.4 is 39.2 Å². The first-order valence-corrected chi connectivity index (χ1v) is 38.0. The van der Waals surface area contributed by atoms with Crippen LogP contribution in [-0.4, -0.2) is 161 Å². The van der Waals surface area contributed by atoms with Gasteiger partial charge in [0.2, 0.25) is 17.7 Å². The van der Waals surface area contributed by atoms with E-state index < -0.39 is 53.6 Å². The fraction of sp³-hybridized carbons (Fsp3) is 0.447. The zero-order valence-corrected chi connectivity index (χ0v) is 63.0. The maximum atomic E-state index is 14.6. The zero-order valence-electron chi connectivity index (χ0n) is 63.0. The second-order valence-corrected chi connectivity index (χ2v) is 30.3. The molecule has 2 saturated heterocycles. The van der Waals surface area contributed by atoms with Gasteiger partial charge in [0.15, 0.2) is 34.6 Å². The Morgan fingerprint density at radius 3 is 2.06 bits per heavy atom. The van der Waals surface area contributed by atoms with Gasteiger partial charge in [-0.2, -0.15) is 0 Å². The van der Waals surface area contributed by atoms with Crippen LogP contribution in [0.3, 0.4) is 0 Å². The summed E-state index contributed by atoms with van der Waals surface area (Å²) in [5.74, 6) is -2.91. The normalized spacial score (nSPS) is 19.0. The van der Waals surface area contributed by atoms with Crippen LogP contribution in [0.15, 0.2) is 121 Å². The summed E-state index contributed by atoms with van der Waals surface area (Å²) in [5, 5.41) is 26.4. The lowest BCUT2D eigenvalue weighted by Crippen LogP contribution is -2.44. The lowest BCUT2D eigenvalue weighted by atomic mass is 9.85. The number of Topliss-reactive ketones (excluding diaryl/α,β-unsaturated/α-hetero) is 3. The standard InChI is InChI=1S/C85H96N8O16/c1-50(2)64(40-60(95)45-86-75(97)31-27-59(94)28-32-76(98)92-46-56-15-9-10-16-62(56)78-79(90(4)89-88-78)63-17-11-12-18-68(63)92)81(100)87-51(3)70(96)37-52-19-21-53(22-20-52)48-109-84(103)77-66-42-74(72(106-7)43-67(66)83(102)93-49-85(33-34-85)44-69(93)80(77)99)108-36-14-8-13-35-107-73-39-55-23-26-58-38-57(54-24-29-61(104-5)30-25-54)47-91(58)82(101)65(55)41-71(73)105-6/h9-12,15-22,24-25,29-30,39,41-43,50-51,57-58,64,69,77,80,99H,8,13-14,23,26-28,31-38,40,44-49H2,1-7H3,(H,86,97)(H,87,100)/t51-,57?,58+,64-,69-,77?,80-/m0/s1. The van der Waals surface area contributed by atoms with E-state index in [1.54, 1.807) is 92.9 Å². The van der Waals surface area contributed by atoms with E-state index in [1.165, 1.54) is 12.7 Å². The van der Waals surface area contributed by atoms with Crippen molar-refractivity contribution in [2.45, 2.75) is 166 Å². The van der Waals surface area contributed by atoms with Crippen molar-refractivity contribution < 1.29 is 76.7 Å². The number of nitrogens with one attached hydrogen (secondary N) is 2. The van der Waals surface area contributed by atoms with E-state index in [0.29, 0.717) is 90.0 Å². The summed E-state index contributed by atoms with van der Waals surface area (Å²) in [4.78, 5) is 129. The highest BCUT2D eigenvalue weighted by Gasteiger charge is 2.58. The minimum Gasteiger partial charge on any atom is -0.497 e. The number of para-hydroxylation sites is 1. The number of aliphatic hydroxyl groups excluding tert-OH is 1. The zero-order chi connectivity index (χ0) is 76.8. The van der Waals surface area contributed by atoms with Crippen LogP contribution in [0.2, 0.25) is 0 Å². The molecule has 1 aromatic heterocycles. The Bertz CT molecular complexity index is 4610. The molecule has 5 aliphatic heterocycles. The molecule has 0 radical (unpaired) electrons. The van der Waals surface area contributed by atoms with Crippen LogP contribution in [0.4, 0.5) is 5.69 Å². The number of unbranched alkanes of at least 4 members (excludes halogenated alkanes) is 2. The molecule has 6 aromatic carbocycles. The predicted molar refractivity (Wildman–Crippen MR) is 404 cm³/mol. The van der Waals surface area contributed by atoms with E-state index in [1.807, 2.05) is 77.7 Å². The number of ether oxygens (including phenoxy) is 6. The number of amides is 5. The molecule has 1 spiro atoms. The average Bonchev–Trinajstić information content (AvgIpc) is 1.57. The number of rotatable bonds is 31. The molecular formula is C85H96N8O16. The molecule has 6 heterocycles. The summed E-state index contributed by atoms with van der Waals surface area (Å²) in [6.45, 7) is 6.64.